The third-order valence-electron chi connectivity index (χ3n) is 1.81. The Balaban J connectivity index is 2.16. The van der Waals surface area contributed by atoms with Crippen molar-refractivity contribution in [2.75, 3.05) is 0 Å². The molecule has 2 heteroatoms. The maximum atomic E-state index is 5.57. The van der Waals surface area contributed by atoms with Crippen LogP contribution in [0.3, 0.4) is 0 Å². The van der Waals surface area contributed by atoms with E-state index >= 15 is 0 Å². The number of aromatic nitrogens is 1. The maximum Gasteiger partial charge on any atom is 0.130 e. The van der Waals surface area contributed by atoms with Crippen molar-refractivity contribution in [3.05, 3.63) is 61.3 Å². The lowest BCUT2D eigenvalue weighted by Crippen LogP contribution is -1.83. The van der Waals surface area contributed by atoms with Crippen LogP contribution in [0.4, 0.5) is 0 Å². The van der Waals surface area contributed by atoms with Gasteiger partial charge in [-0.3, -0.25) is 4.98 Å². The fraction of sp³-hybridized carbons (Fsp3) is 0. The molecule has 1 aromatic carbocycles. The topological polar surface area (TPSA) is 22.1 Å². The molecule has 69 valence electrons. The Morgan fingerprint density at radius 1 is 0.857 bits per heavy atom. The molecule has 0 saturated heterocycles. The van der Waals surface area contributed by atoms with Gasteiger partial charge in [0.25, 0.3) is 0 Å². The highest BCUT2D eigenvalue weighted by Gasteiger charge is 1.94. The van der Waals surface area contributed by atoms with E-state index in [1.807, 2.05) is 36.4 Å². The van der Waals surface area contributed by atoms with E-state index in [0.29, 0.717) is 0 Å². The van der Waals surface area contributed by atoms with Gasteiger partial charge in [0.1, 0.15) is 11.5 Å². The summed E-state index contributed by atoms with van der Waals surface area (Å²) in [7, 11) is 0. The highest BCUT2D eigenvalue weighted by molar-refractivity contribution is 5.32. The Hall–Kier alpha value is -1.83. The number of ether oxygens (including phenoxy) is 1. The van der Waals surface area contributed by atoms with Gasteiger partial charge < -0.3 is 4.74 Å². The van der Waals surface area contributed by atoms with E-state index in [4.69, 9.17) is 4.74 Å². The van der Waals surface area contributed by atoms with Crippen LogP contribution in [0, 0.1) is 6.92 Å². The van der Waals surface area contributed by atoms with E-state index < -0.39 is 0 Å². The Morgan fingerprint density at radius 3 is 2.07 bits per heavy atom. The lowest BCUT2D eigenvalue weighted by molar-refractivity contribution is 0.482. The third-order valence-corrected chi connectivity index (χ3v) is 1.81. The van der Waals surface area contributed by atoms with Gasteiger partial charge in [-0.2, -0.15) is 0 Å². The van der Waals surface area contributed by atoms with Crippen molar-refractivity contribution in [1.82, 2.24) is 4.98 Å². The Labute approximate surface area is 83.2 Å². The highest BCUT2D eigenvalue weighted by atomic mass is 16.5. The monoisotopic (exact) mass is 184 g/mol. The van der Waals surface area contributed by atoms with Crippen molar-refractivity contribution in [3.8, 4) is 11.5 Å². The van der Waals surface area contributed by atoms with Gasteiger partial charge in [-0.1, -0.05) is 12.1 Å². The molecule has 0 aliphatic heterocycles. The molecule has 2 nitrogen and oxygen atoms in total. The van der Waals surface area contributed by atoms with E-state index in [0.717, 1.165) is 17.1 Å². The molecule has 0 saturated carbocycles. The van der Waals surface area contributed by atoms with Gasteiger partial charge in [0.2, 0.25) is 0 Å². The zero-order valence-corrected chi connectivity index (χ0v) is 7.68. The summed E-state index contributed by atoms with van der Waals surface area (Å²) in [6, 6.07) is 11.2. The normalized spacial score (nSPS) is 9.79. The lowest BCUT2D eigenvalue weighted by atomic mass is 10.2. The summed E-state index contributed by atoms with van der Waals surface area (Å²) in [5.41, 5.74) is 0.979. The van der Waals surface area contributed by atoms with Crippen molar-refractivity contribution in [1.29, 1.82) is 0 Å². The second-order valence-corrected chi connectivity index (χ2v) is 2.93. The zero-order valence-electron chi connectivity index (χ0n) is 7.68. The molecule has 0 amide bonds. The third kappa shape index (κ3) is 2.10. The van der Waals surface area contributed by atoms with Gasteiger partial charge in [0.15, 0.2) is 0 Å². The first kappa shape index (κ1) is 8.75. The van der Waals surface area contributed by atoms with Gasteiger partial charge in [0, 0.05) is 12.4 Å². The Bertz CT molecular complexity index is 394. The molecule has 0 fully saturated rings. The van der Waals surface area contributed by atoms with Crippen LogP contribution in [0.25, 0.3) is 0 Å². The predicted molar refractivity (Wildman–Crippen MR) is 55.2 cm³/mol. The largest absolute Gasteiger partial charge is 0.457 e. The molecule has 0 unspecified atom stereocenters. The Kier molecular flexibility index (Phi) is 2.45. The molecular formula is C12H10NO. The summed E-state index contributed by atoms with van der Waals surface area (Å²) in [6.07, 6.45) is 3.40. The van der Waals surface area contributed by atoms with Gasteiger partial charge in [-0.15, -0.1) is 0 Å². The van der Waals surface area contributed by atoms with Crippen molar-refractivity contribution < 1.29 is 4.74 Å². The van der Waals surface area contributed by atoms with E-state index in [1.165, 1.54) is 0 Å². The van der Waals surface area contributed by atoms with Gasteiger partial charge >= 0.3 is 0 Å². The van der Waals surface area contributed by atoms with Gasteiger partial charge in [0.05, 0.1) is 0 Å². The standard InChI is InChI=1S/C12H10NO/c1-10-2-4-11(5-3-10)14-12-6-8-13-9-7-12/h2-9H,1H2. The molecule has 0 aliphatic rings. The fourth-order valence-corrected chi connectivity index (χ4v) is 1.10. The minimum Gasteiger partial charge on any atom is -0.457 e. The van der Waals surface area contributed by atoms with Crippen LogP contribution in [0.2, 0.25) is 0 Å². The molecule has 2 aromatic rings. The molecule has 0 spiro atoms. The van der Waals surface area contributed by atoms with Gasteiger partial charge in [-0.05, 0) is 36.8 Å². The molecule has 1 radical (unpaired) electrons. The second kappa shape index (κ2) is 3.92. The Morgan fingerprint density at radius 2 is 1.43 bits per heavy atom. The van der Waals surface area contributed by atoms with Crippen LogP contribution < -0.4 is 4.74 Å². The molecule has 14 heavy (non-hydrogen) atoms. The van der Waals surface area contributed by atoms with Crippen LogP contribution in [-0.2, 0) is 0 Å². The van der Waals surface area contributed by atoms with Crippen LogP contribution in [0.5, 0.6) is 11.5 Å². The summed E-state index contributed by atoms with van der Waals surface area (Å²) >= 11 is 0. The average molecular weight is 184 g/mol. The fourth-order valence-electron chi connectivity index (χ4n) is 1.10. The van der Waals surface area contributed by atoms with E-state index in [1.54, 1.807) is 12.4 Å². The number of nitrogens with zero attached hydrogens (tertiary/aromatic N) is 1. The van der Waals surface area contributed by atoms with Crippen molar-refractivity contribution >= 4 is 0 Å². The lowest BCUT2D eigenvalue weighted by Gasteiger charge is -2.04. The average Bonchev–Trinajstić information content (AvgIpc) is 2.23. The summed E-state index contributed by atoms with van der Waals surface area (Å²) in [5.74, 6) is 1.60. The maximum absolute atomic E-state index is 5.57. The van der Waals surface area contributed by atoms with Crippen molar-refractivity contribution in [2.24, 2.45) is 0 Å². The number of hydrogen-bond donors (Lipinski definition) is 0. The second-order valence-electron chi connectivity index (χ2n) is 2.93. The molecule has 0 N–H and O–H groups in total. The minimum absolute atomic E-state index is 0.789. The number of hydrogen-bond acceptors (Lipinski definition) is 2. The number of benzene rings is 1. The first-order valence-corrected chi connectivity index (χ1v) is 4.34. The minimum atomic E-state index is 0.789. The van der Waals surface area contributed by atoms with Crippen molar-refractivity contribution in [2.45, 2.75) is 0 Å². The first-order chi connectivity index (χ1) is 6.84. The van der Waals surface area contributed by atoms with Crippen LogP contribution >= 0.6 is 0 Å². The number of rotatable bonds is 2. The van der Waals surface area contributed by atoms with E-state index in [-0.39, 0.29) is 0 Å². The zero-order chi connectivity index (χ0) is 9.80. The summed E-state index contributed by atoms with van der Waals surface area (Å²) in [5, 5.41) is 0. The quantitative estimate of drug-likeness (QED) is 0.715. The van der Waals surface area contributed by atoms with Crippen LogP contribution in [0.15, 0.2) is 48.8 Å². The smallest absolute Gasteiger partial charge is 0.130 e. The molecule has 1 heterocycles. The SMILES string of the molecule is [CH2]c1ccc(Oc2ccncc2)cc1. The van der Waals surface area contributed by atoms with E-state index in [2.05, 4.69) is 11.9 Å². The number of pyridine rings is 1. The van der Waals surface area contributed by atoms with Crippen LogP contribution in [-0.4, -0.2) is 4.98 Å². The molecule has 0 bridgehead atoms. The van der Waals surface area contributed by atoms with Crippen molar-refractivity contribution in [3.63, 3.8) is 0 Å². The molecule has 1 aromatic heterocycles. The molecule has 2 rings (SSSR count). The summed E-state index contributed by atoms with van der Waals surface area (Å²) in [6.45, 7) is 3.80. The summed E-state index contributed by atoms with van der Waals surface area (Å²) in [4.78, 5) is 3.91. The summed E-state index contributed by atoms with van der Waals surface area (Å²) < 4.78 is 5.57. The molecule has 0 atom stereocenters. The van der Waals surface area contributed by atoms with E-state index in [9.17, 15) is 0 Å². The van der Waals surface area contributed by atoms with Crippen LogP contribution in [0.1, 0.15) is 5.56 Å². The van der Waals surface area contributed by atoms with Gasteiger partial charge in [-0.25, -0.2) is 0 Å². The highest BCUT2D eigenvalue weighted by Crippen LogP contribution is 2.20. The predicted octanol–water partition coefficient (Wildman–Crippen LogP) is 3.06. The molecule has 0 aliphatic carbocycles. The first-order valence-electron chi connectivity index (χ1n) is 4.34. The molecular weight excluding hydrogens is 174 g/mol.